The lowest BCUT2D eigenvalue weighted by Gasteiger charge is -2.20. The van der Waals surface area contributed by atoms with Crippen molar-refractivity contribution in [2.45, 2.75) is 13.3 Å². The first-order chi connectivity index (χ1) is 16.1. The molecule has 2 heterocycles. The topological polar surface area (TPSA) is 136 Å². The number of rotatable bonds is 5. The molecule has 0 spiro atoms. The molecule has 0 aliphatic carbocycles. The third-order valence-electron chi connectivity index (χ3n) is 5.08. The predicted octanol–water partition coefficient (Wildman–Crippen LogP) is 4.15. The highest BCUT2D eigenvalue weighted by molar-refractivity contribution is 6.31. The zero-order valence-electron chi connectivity index (χ0n) is 17.6. The normalized spacial score (nSPS) is 11.2. The second-order valence-electron chi connectivity index (χ2n) is 7.23. The van der Waals surface area contributed by atoms with Crippen molar-refractivity contribution in [2.24, 2.45) is 0 Å². The maximum absolute atomic E-state index is 14.3. The number of carboxylic acid groups (broad SMARTS) is 1. The van der Waals surface area contributed by atoms with Crippen molar-refractivity contribution in [1.29, 1.82) is 0 Å². The van der Waals surface area contributed by atoms with Crippen molar-refractivity contribution < 1.29 is 23.1 Å². The first-order valence-electron chi connectivity index (χ1n) is 9.85. The number of nitrogens with two attached hydrogens (primary N) is 2. The third-order valence-corrected chi connectivity index (χ3v) is 5.31. The molecular weight excluding hydrogens is 475 g/mol. The van der Waals surface area contributed by atoms with Crippen LogP contribution in [0.3, 0.4) is 0 Å². The van der Waals surface area contributed by atoms with Gasteiger partial charge in [0, 0.05) is 29.4 Å². The number of nitrogens with zero attached hydrogens (tertiary/aromatic N) is 5. The second kappa shape index (κ2) is 8.71. The number of hydrogen-bond acceptors (Lipinski definition) is 6. The summed E-state index contributed by atoms with van der Waals surface area (Å²) in [6.07, 6.45) is -1.56. The van der Waals surface area contributed by atoms with Gasteiger partial charge in [0.15, 0.2) is 23.3 Å². The van der Waals surface area contributed by atoms with E-state index in [0.29, 0.717) is 22.0 Å². The van der Waals surface area contributed by atoms with Crippen molar-refractivity contribution in [1.82, 2.24) is 19.7 Å². The van der Waals surface area contributed by atoms with Gasteiger partial charge in [-0.2, -0.15) is 19.7 Å². The highest BCUT2D eigenvalue weighted by Crippen LogP contribution is 2.31. The van der Waals surface area contributed by atoms with E-state index in [1.54, 1.807) is 25.1 Å². The number of anilines is 3. The maximum Gasteiger partial charge on any atom is 0.412 e. The largest absolute Gasteiger partial charge is 0.465 e. The molecule has 5 N–H and O–H groups in total. The lowest BCUT2D eigenvalue weighted by molar-refractivity contribution is 0.202. The number of halogens is 4. The van der Waals surface area contributed by atoms with Crippen LogP contribution >= 0.6 is 11.6 Å². The molecule has 2 aromatic carbocycles. The van der Waals surface area contributed by atoms with Crippen LogP contribution in [-0.2, 0) is 6.42 Å². The fourth-order valence-corrected chi connectivity index (χ4v) is 3.76. The first kappa shape index (κ1) is 23.1. The minimum atomic E-state index is -1.32. The van der Waals surface area contributed by atoms with E-state index >= 15 is 0 Å². The van der Waals surface area contributed by atoms with Crippen LogP contribution in [0.15, 0.2) is 30.3 Å². The Kier molecular flexibility index (Phi) is 5.92. The van der Waals surface area contributed by atoms with Gasteiger partial charge in [-0.05, 0) is 36.8 Å². The van der Waals surface area contributed by atoms with Crippen LogP contribution in [-0.4, -0.2) is 37.5 Å². The Balaban J connectivity index is 1.88. The number of benzene rings is 2. The fraction of sp³-hybridized carbons (Fsp3) is 0.143. The van der Waals surface area contributed by atoms with Gasteiger partial charge in [-0.15, -0.1) is 0 Å². The Morgan fingerprint density at radius 1 is 1.15 bits per heavy atom. The first-order valence-corrected chi connectivity index (χ1v) is 10.2. The van der Waals surface area contributed by atoms with E-state index in [0.717, 1.165) is 11.0 Å². The number of nitrogen functional groups attached to an aromatic ring is 2. The summed E-state index contributed by atoms with van der Waals surface area (Å²) < 4.78 is 42.9. The fourth-order valence-electron chi connectivity index (χ4n) is 3.59. The summed E-state index contributed by atoms with van der Waals surface area (Å²) in [5, 5.41) is 14.6. The molecule has 176 valence electrons. The van der Waals surface area contributed by atoms with Gasteiger partial charge in [0.05, 0.1) is 11.2 Å². The summed E-state index contributed by atoms with van der Waals surface area (Å²) in [6.45, 7) is 1.64. The molecule has 0 fully saturated rings. The van der Waals surface area contributed by atoms with Crippen molar-refractivity contribution in [3.63, 3.8) is 0 Å². The highest BCUT2D eigenvalue weighted by atomic mass is 35.5. The molecule has 13 heteroatoms. The van der Waals surface area contributed by atoms with Gasteiger partial charge in [0.2, 0.25) is 0 Å². The van der Waals surface area contributed by atoms with Gasteiger partial charge in [-0.3, -0.25) is 4.90 Å². The number of carbonyl (C=O) groups is 1. The van der Waals surface area contributed by atoms with Crippen LogP contribution in [0.4, 0.5) is 35.3 Å². The average molecular weight is 492 g/mol. The standard InChI is InChI=1S/C21H17ClF3N7O2/c1-2-31(21(33)34)17-18(26)28-20(29-19(17)27)32-15-4-3-10(22)7-12(15)14(30-32)6-9-5-11(23)8-13(24)16(9)25/h3-5,7-8H,2,6H2,1H3,(H,33,34)(H4,26,27,28,29). The summed E-state index contributed by atoms with van der Waals surface area (Å²) in [4.78, 5) is 20.7. The minimum absolute atomic E-state index is 0.0511. The van der Waals surface area contributed by atoms with E-state index in [9.17, 15) is 23.1 Å². The van der Waals surface area contributed by atoms with Crippen molar-refractivity contribution in [2.75, 3.05) is 22.9 Å². The zero-order chi connectivity index (χ0) is 24.7. The molecule has 2 aromatic heterocycles. The summed E-state index contributed by atoms with van der Waals surface area (Å²) in [6, 6.07) is 6.03. The predicted molar refractivity (Wildman–Crippen MR) is 121 cm³/mol. The molecule has 0 aliphatic rings. The molecule has 9 nitrogen and oxygen atoms in total. The minimum Gasteiger partial charge on any atom is -0.465 e. The smallest absolute Gasteiger partial charge is 0.412 e. The maximum atomic E-state index is 14.3. The molecule has 0 saturated heterocycles. The Morgan fingerprint density at radius 3 is 2.44 bits per heavy atom. The highest BCUT2D eigenvalue weighted by Gasteiger charge is 2.23. The lowest BCUT2D eigenvalue weighted by Crippen LogP contribution is -2.31. The summed E-state index contributed by atoms with van der Waals surface area (Å²) in [5.74, 6) is -3.96. The van der Waals surface area contributed by atoms with Crippen LogP contribution in [0.2, 0.25) is 5.02 Å². The molecule has 0 saturated carbocycles. The number of aromatic nitrogens is 4. The Morgan fingerprint density at radius 2 is 1.82 bits per heavy atom. The van der Waals surface area contributed by atoms with Crippen LogP contribution in [0.5, 0.6) is 0 Å². The third kappa shape index (κ3) is 4.03. The van der Waals surface area contributed by atoms with Crippen molar-refractivity contribution in [3.8, 4) is 5.95 Å². The Bertz CT molecular complexity index is 1420. The van der Waals surface area contributed by atoms with E-state index in [-0.39, 0.29) is 47.5 Å². The molecule has 0 aliphatic heterocycles. The number of hydrogen-bond donors (Lipinski definition) is 3. The van der Waals surface area contributed by atoms with Gasteiger partial charge in [0.1, 0.15) is 11.5 Å². The van der Waals surface area contributed by atoms with Crippen molar-refractivity contribution >= 4 is 45.9 Å². The van der Waals surface area contributed by atoms with Gasteiger partial charge in [-0.25, -0.2) is 18.0 Å². The van der Waals surface area contributed by atoms with Gasteiger partial charge in [-0.1, -0.05) is 11.6 Å². The molecule has 0 bridgehead atoms. The number of amides is 1. The summed E-state index contributed by atoms with van der Waals surface area (Å²) in [5.41, 5.74) is 12.3. The molecule has 1 amide bonds. The Labute approximate surface area is 195 Å². The van der Waals surface area contributed by atoms with Crippen LogP contribution in [0.25, 0.3) is 16.9 Å². The summed E-state index contributed by atoms with van der Waals surface area (Å²) >= 11 is 6.12. The SMILES string of the molecule is CCN(C(=O)O)c1c(N)nc(-n2nc(Cc3cc(F)cc(F)c3F)c3cc(Cl)ccc32)nc1N. The Hall–Kier alpha value is -4.06. The molecule has 0 unspecified atom stereocenters. The average Bonchev–Trinajstić information content (AvgIpc) is 3.11. The molecule has 0 radical (unpaired) electrons. The van der Waals surface area contributed by atoms with Crippen molar-refractivity contribution in [3.05, 3.63) is 64.1 Å². The van der Waals surface area contributed by atoms with Gasteiger partial charge in [0.25, 0.3) is 5.95 Å². The van der Waals surface area contributed by atoms with Gasteiger partial charge >= 0.3 is 6.09 Å². The number of fused-ring (bicyclic) bond motifs is 1. The van der Waals surface area contributed by atoms with Crippen LogP contribution in [0, 0.1) is 17.5 Å². The lowest BCUT2D eigenvalue weighted by atomic mass is 10.1. The van der Waals surface area contributed by atoms with E-state index in [2.05, 4.69) is 15.1 Å². The molecule has 4 rings (SSSR count). The van der Waals surface area contributed by atoms with Crippen LogP contribution in [0.1, 0.15) is 18.2 Å². The molecule has 0 atom stereocenters. The quantitative estimate of drug-likeness (QED) is 0.357. The van der Waals surface area contributed by atoms with E-state index in [1.807, 2.05) is 0 Å². The second-order valence-corrected chi connectivity index (χ2v) is 7.66. The van der Waals surface area contributed by atoms with Crippen LogP contribution < -0.4 is 16.4 Å². The monoisotopic (exact) mass is 491 g/mol. The van der Waals surface area contributed by atoms with E-state index in [4.69, 9.17) is 23.1 Å². The zero-order valence-corrected chi connectivity index (χ0v) is 18.3. The van der Waals surface area contributed by atoms with Gasteiger partial charge < -0.3 is 16.6 Å². The molecule has 4 aromatic rings. The van der Waals surface area contributed by atoms with E-state index < -0.39 is 23.5 Å². The molecular formula is C21H17ClF3N7O2. The van der Waals surface area contributed by atoms with E-state index in [1.165, 1.54) is 4.68 Å². The summed E-state index contributed by atoms with van der Waals surface area (Å²) in [7, 11) is 0. The molecule has 34 heavy (non-hydrogen) atoms.